The fraction of sp³-hybridized carbons (Fsp3) is 0.350. The Balaban J connectivity index is 0.000000537. The number of nitrogen functional groups attached to an aromatic ring is 1. The van der Waals surface area contributed by atoms with Crippen molar-refractivity contribution in [3.05, 3.63) is 35.4 Å². The quantitative estimate of drug-likeness (QED) is 0.557. The lowest BCUT2D eigenvalue weighted by molar-refractivity contribution is -1.92. The van der Waals surface area contributed by atoms with Gasteiger partial charge in [0.1, 0.15) is 0 Å². The average molecular weight is 424 g/mol. The summed E-state index contributed by atoms with van der Waals surface area (Å²) in [7, 11) is -4.69. The number of rotatable bonds is 4. The summed E-state index contributed by atoms with van der Waals surface area (Å²) < 4.78 is 39.0. The lowest BCUT2D eigenvalue weighted by Crippen LogP contribution is -2.58. The summed E-state index contributed by atoms with van der Waals surface area (Å²) >= 11 is 0. The molecule has 2 aromatic rings. The number of nitrogens with two attached hydrogens (primary N) is 1. The van der Waals surface area contributed by atoms with Gasteiger partial charge < -0.3 is 15.4 Å². The number of halogens is 1. The van der Waals surface area contributed by atoms with Gasteiger partial charge in [-0.15, -0.1) is 0 Å². The molecule has 8 nitrogen and oxygen atoms in total. The molecule has 2 aromatic carbocycles. The van der Waals surface area contributed by atoms with Gasteiger partial charge in [-0.25, -0.2) is 0 Å². The van der Waals surface area contributed by atoms with Crippen molar-refractivity contribution in [3.63, 3.8) is 0 Å². The summed E-state index contributed by atoms with van der Waals surface area (Å²) in [4.78, 5) is 6.81. The van der Waals surface area contributed by atoms with Gasteiger partial charge in [-0.1, -0.05) is 13.8 Å². The SMILES string of the molecule is CC=Nc1cc2c(cc1CC)Oc1c(ccc(N)c1CC)N2CC.[O-][Cl+3]([O-])([O-])O. The lowest BCUT2D eigenvalue weighted by Gasteiger charge is -2.34. The van der Waals surface area contributed by atoms with E-state index in [1.54, 1.807) is 0 Å². The maximum absolute atomic E-state index is 8.60. The Hall–Kier alpha value is -2.36. The van der Waals surface area contributed by atoms with E-state index in [-0.39, 0.29) is 0 Å². The van der Waals surface area contributed by atoms with Crippen molar-refractivity contribution >= 4 is 29.0 Å². The molecule has 0 saturated heterocycles. The fourth-order valence-corrected chi connectivity index (χ4v) is 3.34. The third-order valence-corrected chi connectivity index (χ3v) is 4.55. The van der Waals surface area contributed by atoms with E-state index in [1.165, 1.54) is 5.56 Å². The van der Waals surface area contributed by atoms with Crippen LogP contribution in [0.5, 0.6) is 11.5 Å². The maximum atomic E-state index is 8.60. The molecule has 0 aliphatic carbocycles. The zero-order valence-corrected chi connectivity index (χ0v) is 17.7. The number of nitrogens with zero attached hydrogens (tertiary/aromatic N) is 2. The summed E-state index contributed by atoms with van der Waals surface area (Å²) in [5.41, 5.74) is 12.4. The maximum Gasteiger partial charge on any atom is 0.156 e. The first-order chi connectivity index (χ1) is 13.6. The van der Waals surface area contributed by atoms with Crippen molar-refractivity contribution in [2.45, 2.75) is 40.5 Å². The van der Waals surface area contributed by atoms with E-state index in [1.807, 2.05) is 25.3 Å². The van der Waals surface area contributed by atoms with Gasteiger partial charge in [-0.05, 0) is 56.5 Å². The largest absolute Gasteiger partial charge is 0.453 e. The molecule has 0 saturated carbocycles. The van der Waals surface area contributed by atoms with Gasteiger partial charge in [0, 0.05) is 24.0 Å². The Morgan fingerprint density at radius 1 is 1.14 bits per heavy atom. The van der Waals surface area contributed by atoms with E-state index in [0.29, 0.717) is 0 Å². The molecule has 0 aromatic heterocycles. The average Bonchev–Trinajstić information content (AvgIpc) is 2.64. The van der Waals surface area contributed by atoms with Crippen molar-refractivity contribution in [2.75, 3.05) is 17.2 Å². The number of ether oxygens (including phenoxy) is 1. The van der Waals surface area contributed by atoms with Gasteiger partial charge in [0.15, 0.2) is 11.5 Å². The normalized spacial score (nSPS) is 12.8. The van der Waals surface area contributed by atoms with Gasteiger partial charge in [0.2, 0.25) is 0 Å². The highest BCUT2D eigenvalue weighted by atomic mass is 35.7. The first-order valence-corrected chi connectivity index (χ1v) is 10.6. The molecule has 0 atom stereocenters. The first kappa shape index (κ1) is 22.9. The molecule has 158 valence electrons. The standard InChI is InChI=1S/C20H25N3O.ClHO4/c1-5-13-11-19-18(12-16(13)22-7-3)23(8-4)17-10-9-15(21)14(6-2)20(17)24-19;2-1(3,4)5/h7,9-12H,5-6,8,21H2,1-4H3;(H,2,3,4,5). The molecule has 3 rings (SSSR count). The number of aryl methyl sites for hydroxylation is 1. The Labute approximate surface area is 172 Å². The number of hydrogen-bond donors (Lipinski definition) is 2. The van der Waals surface area contributed by atoms with E-state index in [9.17, 15) is 0 Å². The lowest BCUT2D eigenvalue weighted by atomic mass is 10.0. The molecule has 0 amide bonds. The van der Waals surface area contributed by atoms with Crippen LogP contribution < -0.4 is 29.3 Å². The summed E-state index contributed by atoms with van der Waals surface area (Å²) in [6, 6.07) is 8.27. The molecule has 9 heteroatoms. The van der Waals surface area contributed by atoms with Crippen LogP contribution >= 0.6 is 0 Å². The number of aliphatic imine (C=N–C) groups is 1. The predicted octanol–water partition coefficient (Wildman–Crippen LogP) is 1.26. The second-order valence-corrected chi connectivity index (χ2v) is 7.06. The Morgan fingerprint density at radius 3 is 2.31 bits per heavy atom. The zero-order valence-electron chi connectivity index (χ0n) is 16.9. The molecule has 29 heavy (non-hydrogen) atoms. The molecule has 0 radical (unpaired) electrons. The van der Waals surface area contributed by atoms with Crippen molar-refractivity contribution in [2.24, 2.45) is 4.99 Å². The van der Waals surface area contributed by atoms with Crippen molar-refractivity contribution in [1.82, 2.24) is 0 Å². The molecular weight excluding hydrogens is 398 g/mol. The Kier molecular flexibility index (Phi) is 7.45. The number of anilines is 3. The molecule has 1 aliphatic rings. The summed E-state index contributed by atoms with van der Waals surface area (Å²) in [6.45, 7) is 9.20. The Bertz CT molecular complexity index is 891. The highest BCUT2D eigenvalue weighted by Gasteiger charge is 2.27. The van der Waals surface area contributed by atoms with Crippen molar-refractivity contribution < 1.29 is 33.6 Å². The minimum atomic E-state index is -4.69. The van der Waals surface area contributed by atoms with E-state index in [4.69, 9.17) is 29.1 Å². The van der Waals surface area contributed by atoms with Crippen LogP contribution in [0, 0.1) is 10.2 Å². The second kappa shape index (κ2) is 9.43. The topological polar surface area (TPSA) is 140 Å². The third-order valence-electron chi connectivity index (χ3n) is 4.55. The van der Waals surface area contributed by atoms with Crippen molar-refractivity contribution in [3.8, 4) is 11.5 Å². The smallest absolute Gasteiger partial charge is 0.156 e. The third kappa shape index (κ3) is 5.37. The molecule has 0 spiro atoms. The van der Waals surface area contributed by atoms with Crippen molar-refractivity contribution in [1.29, 1.82) is 0 Å². The van der Waals surface area contributed by atoms with E-state index in [0.717, 1.165) is 59.2 Å². The molecule has 1 aliphatic heterocycles. The van der Waals surface area contributed by atoms with E-state index < -0.39 is 10.2 Å². The van der Waals surface area contributed by atoms with Gasteiger partial charge in [0.05, 0.1) is 32.0 Å². The van der Waals surface area contributed by atoms with Gasteiger partial charge in [0.25, 0.3) is 0 Å². The number of fused-ring (bicyclic) bond motifs is 2. The van der Waals surface area contributed by atoms with E-state index >= 15 is 0 Å². The minimum absolute atomic E-state index is 0.790. The zero-order chi connectivity index (χ0) is 21.8. The van der Waals surface area contributed by atoms with Crippen LogP contribution in [0.1, 0.15) is 38.8 Å². The van der Waals surface area contributed by atoms with Crippen LogP contribution in [0.4, 0.5) is 22.7 Å². The Morgan fingerprint density at radius 2 is 1.79 bits per heavy atom. The summed E-state index contributed by atoms with van der Waals surface area (Å²) in [5, 5.41) is 0. The fourth-order valence-electron chi connectivity index (χ4n) is 3.34. The number of hydrogen-bond acceptors (Lipinski definition) is 8. The monoisotopic (exact) mass is 423 g/mol. The summed E-state index contributed by atoms with van der Waals surface area (Å²) in [5.74, 6) is 1.78. The predicted molar refractivity (Wildman–Crippen MR) is 105 cm³/mol. The molecule has 3 N–H and O–H groups in total. The molecule has 0 bridgehead atoms. The molecule has 1 heterocycles. The van der Waals surface area contributed by atoms with Crippen LogP contribution in [0.15, 0.2) is 29.3 Å². The minimum Gasteiger partial charge on any atom is -0.453 e. The van der Waals surface area contributed by atoms with Crippen LogP contribution in [0.3, 0.4) is 0 Å². The van der Waals surface area contributed by atoms with Crippen LogP contribution in [0.2, 0.25) is 0 Å². The van der Waals surface area contributed by atoms with Gasteiger partial charge in [-0.2, -0.15) is 14.0 Å². The molecule has 0 fully saturated rings. The second-order valence-electron chi connectivity index (χ2n) is 6.27. The molecule has 0 unspecified atom stereocenters. The highest BCUT2D eigenvalue weighted by molar-refractivity contribution is 5.84. The van der Waals surface area contributed by atoms with E-state index in [2.05, 4.69) is 42.8 Å². The number of benzene rings is 2. The van der Waals surface area contributed by atoms with Crippen LogP contribution in [-0.4, -0.2) is 17.4 Å². The molecular formula is C20H26ClN3O5. The van der Waals surface area contributed by atoms with Crippen LogP contribution in [-0.2, 0) is 12.8 Å². The highest BCUT2D eigenvalue weighted by Crippen LogP contribution is 2.51. The first-order valence-electron chi connectivity index (χ1n) is 9.30. The van der Waals surface area contributed by atoms with Crippen LogP contribution in [0.25, 0.3) is 0 Å². The van der Waals surface area contributed by atoms with Gasteiger partial charge in [-0.3, -0.25) is 4.99 Å². The van der Waals surface area contributed by atoms with Gasteiger partial charge >= 0.3 is 0 Å². The summed E-state index contributed by atoms with van der Waals surface area (Å²) in [6.07, 6.45) is 3.60.